The van der Waals surface area contributed by atoms with Crippen molar-refractivity contribution >= 4 is 11.7 Å². The number of piperidine rings is 1. The number of hydrogen-bond acceptors (Lipinski definition) is 4. The zero-order valence-corrected chi connectivity index (χ0v) is 12.1. The molecule has 2 rings (SSSR count). The number of esters is 1. The normalized spacial score (nSPS) is 15.8. The van der Waals surface area contributed by atoms with Crippen LogP contribution in [0, 0.1) is 24.2 Å². The van der Waals surface area contributed by atoms with Crippen molar-refractivity contribution in [3.8, 4) is 6.07 Å². The van der Waals surface area contributed by atoms with Gasteiger partial charge in [-0.15, -0.1) is 0 Å². The van der Waals surface area contributed by atoms with Crippen LogP contribution in [0.5, 0.6) is 0 Å². The largest absolute Gasteiger partial charge is 0.466 e. The van der Waals surface area contributed by atoms with E-state index >= 15 is 0 Å². The summed E-state index contributed by atoms with van der Waals surface area (Å²) in [6, 6.07) is 8.10. The predicted molar refractivity (Wildman–Crippen MR) is 77.5 cm³/mol. The monoisotopic (exact) mass is 272 g/mol. The van der Waals surface area contributed by atoms with Crippen molar-refractivity contribution in [2.75, 3.05) is 24.6 Å². The zero-order valence-electron chi connectivity index (χ0n) is 12.1. The first-order valence-corrected chi connectivity index (χ1v) is 7.08. The van der Waals surface area contributed by atoms with Gasteiger partial charge < -0.3 is 9.64 Å². The molecular formula is C16H20N2O2. The number of hydrogen-bond donors (Lipinski definition) is 0. The highest BCUT2D eigenvalue weighted by molar-refractivity contribution is 5.73. The van der Waals surface area contributed by atoms with E-state index in [9.17, 15) is 10.1 Å². The van der Waals surface area contributed by atoms with Crippen molar-refractivity contribution in [1.29, 1.82) is 5.26 Å². The molecule has 1 aromatic rings. The lowest BCUT2D eigenvalue weighted by Gasteiger charge is -2.33. The smallest absolute Gasteiger partial charge is 0.309 e. The molecule has 1 saturated heterocycles. The lowest BCUT2D eigenvalue weighted by Crippen LogP contribution is -2.37. The fraction of sp³-hybridized carbons (Fsp3) is 0.500. The van der Waals surface area contributed by atoms with E-state index in [1.54, 1.807) is 0 Å². The van der Waals surface area contributed by atoms with Gasteiger partial charge in [0.2, 0.25) is 0 Å². The van der Waals surface area contributed by atoms with Gasteiger partial charge in [-0.05, 0) is 44.4 Å². The molecule has 1 heterocycles. The van der Waals surface area contributed by atoms with Gasteiger partial charge in [-0.1, -0.05) is 6.07 Å². The average molecular weight is 272 g/mol. The zero-order chi connectivity index (χ0) is 14.5. The van der Waals surface area contributed by atoms with Crippen LogP contribution in [0.1, 0.15) is 30.9 Å². The van der Waals surface area contributed by atoms with Crippen LogP contribution in [0.15, 0.2) is 18.2 Å². The van der Waals surface area contributed by atoms with Gasteiger partial charge in [0.25, 0.3) is 0 Å². The Morgan fingerprint density at radius 2 is 2.15 bits per heavy atom. The third kappa shape index (κ3) is 3.11. The highest BCUT2D eigenvalue weighted by atomic mass is 16.5. The number of anilines is 1. The molecule has 1 aromatic carbocycles. The van der Waals surface area contributed by atoms with Gasteiger partial charge in [0.05, 0.1) is 23.8 Å². The summed E-state index contributed by atoms with van der Waals surface area (Å²) in [5.41, 5.74) is 2.83. The van der Waals surface area contributed by atoms with E-state index in [0.717, 1.165) is 37.2 Å². The van der Waals surface area contributed by atoms with Gasteiger partial charge in [0, 0.05) is 13.1 Å². The van der Waals surface area contributed by atoms with E-state index in [1.165, 1.54) is 0 Å². The second kappa shape index (κ2) is 6.42. The van der Waals surface area contributed by atoms with E-state index < -0.39 is 0 Å². The molecule has 20 heavy (non-hydrogen) atoms. The Labute approximate surface area is 120 Å². The Bertz CT molecular complexity index is 526. The van der Waals surface area contributed by atoms with Crippen molar-refractivity contribution in [3.63, 3.8) is 0 Å². The number of aryl methyl sites for hydroxylation is 1. The number of carbonyl (C=O) groups is 1. The first-order chi connectivity index (χ1) is 9.65. The summed E-state index contributed by atoms with van der Waals surface area (Å²) in [5.74, 6) is -0.0848. The Kier molecular flexibility index (Phi) is 4.62. The Morgan fingerprint density at radius 3 is 2.75 bits per heavy atom. The van der Waals surface area contributed by atoms with Crippen molar-refractivity contribution in [2.24, 2.45) is 5.92 Å². The Balaban J connectivity index is 2.06. The molecule has 106 valence electrons. The van der Waals surface area contributed by atoms with E-state index in [2.05, 4.69) is 11.0 Å². The van der Waals surface area contributed by atoms with Crippen molar-refractivity contribution in [1.82, 2.24) is 0 Å². The standard InChI is InChI=1S/C16H20N2O2/c1-3-20-16(19)13-6-8-18(9-7-13)15-10-12(2)4-5-14(15)11-17/h4-5,10,13H,3,6-9H2,1-2H3. The number of benzene rings is 1. The lowest BCUT2D eigenvalue weighted by atomic mass is 9.96. The number of nitrogens with zero attached hydrogens (tertiary/aromatic N) is 2. The predicted octanol–water partition coefficient (Wildman–Crippen LogP) is 2.65. The molecule has 0 bridgehead atoms. The van der Waals surface area contributed by atoms with Crippen molar-refractivity contribution in [3.05, 3.63) is 29.3 Å². The molecule has 4 heteroatoms. The third-order valence-corrected chi connectivity index (χ3v) is 3.73. The average Bonchev–Trinajstić information content (AvgIpc) is 2.47. The van der Waals surface area contributed by atoms with Crippen molar-refractivity contribution in [2.45, 2.75) is 26.7 Å². The molecule has 0 unspecified atom stereocenters. The summed E-state index contributed by atoms with van der Waals surface area (Å²) in [4.78, 5) is 13.9. The Morgan fingerprint density at radius 1 is 1.45 bits per heavy atom. The van der Waals surface area contributed by atoms with Crippen LogP contribution in [-0.4, -0.2) is 25.7 Å². The molecular weight excluding hydrogens is 252 g/mol. The fourth-order valence-corrected chi connectivity index (χ4v) is 2.61. The fourth-order valence-electron chi connectivity index (χ4n) is 2.61. The summed E-state index contributed by atoms with van der Waals surface area (Å²) in [5, 5.41) is 9.20. The van der Waals surface area contributed by atoms with E-state index in [1.807, 2.05) is 32.0 Å². The SMILES string of the molecule is CCOC(=O)C1CCN(c2cc(C)ccc2C#N)CC1. The summed E-state index contributed by atoms with van der Waals surface area (Å²) < 4.78 is 5.08. The van der Waals surface area contributed by atoms with Gasteiger partial charge in [0.1, 0.15) is 6.07 Å². The number of ether oxygens (including phenoxy) is 1. The van der Waals surface area contributed by atoms with Crippen LogP contribution in [0.3, 0.4) is 0 Å². The van der Waals surface area contributed by atoms with Crippen molar-refractivity contribution < 1.29 is 9.53 Å². The minimum atomic E-state index is -0.0862. The number of rotatable bonds is 3. The van der Waals surface area contributed by atoms with Gasteiger partial charge in [-0.2, -0.15) is 5.26 Å². The minimum Gasteiger partial charge on any atom is -0.466 e. The summed E-state index contributed by atoms with van der Waals surface area (Å²) >= 11 is 0. The Hall–Kier alpha value is -2.02. The molecule has 0 aromatic heterocycles. The van der Waals surface area contributed by atoms with Crippen LogP contribution in [0.2, 0.25) is 0 Å². The first-order valence-electron chi connectivity index (χ1n) is 7.08. The van der Waals surface area contributed by atoms with E-state index in [-0.39, 0.29) is 11.9 Å². The highest BCUT2D eigenvalue weighted by Crippen LogP contribution is 2.27. The van der Waals surface area contributed by atoms with Gasteiger partial charge in [-0.3, -0.25) is 4.79 Å². The van der Waals surface area contributed by atoms with Gasteiger partial charge in [-0.25, -0.2) is 0 Å². The number of carbonyl (C=O) groups excluding carboxylic acids is 1. The van der Waals surface area contributed by atoms with E-state index in [4.69, 9.17) is 4.74 Å². The number of nitriles is 1. The van der Waals surface area contributed by atoms with Crippen LogP contribution < -0.4 is 4.90 Å². The molecule has 1 fully saturated rings. The summed E-state index contributed by atoms with van der Waals surface area (Å²) in [6.07, 6.45) is 1.58. The van der Waals surface area contributed by atoms with Gasteiger partial charge in [0.15, 0.2) is 0 Å². The topological polar surface area (TPSA) is 53.3 Å². The summed E-state index contributed by atoms with van der Waals surface area (Å²) in [6.45, 7) is 5.88. The quantitative estimate of drug-likeness (QED) is 0.794. The molecule has 0 N–H and O–H groups in total. The molecule has 1 aliphatic heterocycles. The first kappa shape index (κ1) is 14.4. The van der Waals surface area contributed by atoms with Gasteiger partial charge >= 0.3 is 5.97 Å². The molecule has 0 aliphatic carbocycles. The van der Waals surface area contributed by atoms with Crippen LogP contribution in [-0.2, 0) is 9.53 Å². The maximum absolute atomic E-state index is 11.7. The third-order valence-electron chi connectivity index (χ3n) is 3.73. The lowest BCUT2D eigenvalue weighted by molar-refractivity contribution is -0.148. The molecule has 0 atom stereocenters. The molecule has 0 spiro atoms. The van der Waals surface area contributed by atoms with Crippen LogP contribution in [0.25, 0.3) is 0 Å². The van der Waals surface area contributed by atoms with E-state index in [0.29, 0.717) is 12.2 Å². The molecule has 0 amide bonds. The maximum Gasteiger partial charge on any atom is 0.309 e. The van der Waals surface area contributed by atoms with Crippen LogP contribution in [0.4, 0.5) is 5.69 Å². The highest BCUT2D eigenvalue weighted by Gasteiger charge is 2.26. The maximum atomic E-state index is 11.7. The molecule has 1 aliphatic rings. The second-order valence-electron chi connectivity index (χ2n) is 5.15. The molecule has 0 radical (unpaired) electrons. The minimum absolute atomic E-state index is 0.00143. The summed E-state index contributed by atoms with van der Waals surface area (Å²) in [7, 11) is 0. The van der Waals surface area contributed by atoms with Crippen LogP contribution >= 0.6 is 0 Å². The molecule has 0 saturated carbocycles. The second-order valence-corrected chi connectivity index (χ2v) is 5.15. The molecule has 4 nitrogen and oxygen atoms in total.